The Balaban J connectivity index is 0.000000233. The molecule has 0 fully saturated rings. The van der Waals surface area contributed by atoms with E-state index < -0.39 is 20.8 Å². The first-order valence-corrected chi connectivity index (χ1v) is 25.4. The van der Waals surface area contributed by atoms with Crippen LogP contribution >= 0.6 is 17.0 Å². The fraction of sp³-hybridized carbons (Fsp3) is 0.304. The molecule has 1 radical (unpaired) electrons. The number of benzene rings is 4. The molecule has 0 heterocycles. The number of fused-ring (bicyclic) bond motifs is 2. The molecule has 0 saturated heterocycles. The number of halogens is 2. The summed E-state index contributed by atoms with van der Waals surface area (Å²) >= 11 is -0.826. The summed E-state index contributed by atoms with van der Waals surface area (Å²) in [6.45, 7) is 13.7. The topological polar surface area (TPSA) is 58.2 Å². The van der Waals surface area contributed by atoms with Crippen LogP contribution in [-0.2, 0) is 43.3 Å². The molecule has 6 aromatic carbocycles. The summed E-state index contributed by atoms with van der Waals surface area (Å²) in [6.07, 6.45) is 7.96. The van der Waals surface area contributed by atoms with E-state index >= 15 is 0 Å². The molecule has 2 amide bonds. The second-order valence-corrected chi connectivity index (χ2v) is 17.1. The summed E-state index contributed by atoms with van der Waals surface area (Å²) in [6, 6.07) is 40.7. The van der Waals surface area contributed by atoms with Crippen molar-refractivity contribution < 1.29 is 30.4 Å². The number of hydrogen-bond donors (Lipinski definition) is 2. The molecule has 6 aromatic rings. The van der Waals surface area contributed by atoms with E-state index in [4.69, 9.17) is 17.0 Å². The van der Waals surface area contributed by atoms with Crippen molar-refractivity contribution in [3.05, 3.63) is 131 Å². The van der Waals surface area contributed by atoms with Crippen molar-refractivity contribution in [2.24, 2.45) is 0 Å². The molecule has 2 atom stereocenters. The molecule has 0 spiro atoms. The minimum absolute atomic E-state index is 0.455. The molecule has 0 bridgehead atoms. The third-order valence-corrected chi connectivity index (χ3v) is 9.87. The molecule has 281 valence electrons. The number of aryl methyl sites for hydroxylation is 2. The summed E-state index contributed by atoms with van der Waals surface area (Å²) in [5.41, 5.74) is 11.4. The van der Waals surface area contributed by atoms with Gasteiger partial charge in [0.15, 0.2) is 12.8 Å². The zero-order valence-electron chi connectivity index (χ0n) is 32.6. The molecule has 2 unspecified atom stereocenters. The molecule has 0 aliphatic carbocycles. The number of nitrogens with one attached hydrogen (secondary N) is 2. The number of hydrogen-bond acceptors (Lipinski definition) is 2. The van der Waals surface area contributed by atoms with Crippen molar-refractivity contribution >= 4 is 58.9 Å². The van der Waals surface area contributed by atoms with Gasteiger partial charge in [-0.25, -0.2) is 0 Å². The van der Waals surface area contributed by atoms with Crippen LogP contribution in [0.4, 0.5) is 0 Å². The first kappa shape index (κ1) is 45.0. The third kappa shape index (κ3) is 12.8. The molecule has 54 heavy (non-hydrogen) atoms. The maximum absolute atomic E-state index is 9.38. The predicted molar refractivity (Wildman–Crippen MR) is 231 cm³/mol. The van der Waals surface area contributed by atoms with E-state index in [1.165, 1.54) is 91.7 Å². The van der Waals surface area contributed by atoms with Gasteiger partial charge >= 0.3 is 45.4 Å². The molecule has 6 rings (SSSR count). The van der Waals surface area contributed by atoms with Crippen molar-refractivity contribution in [2.45, 2.75) is 91.9 Å². The number of carbonyl (C=O) groups excluding carboxylic acids is 2. The molecule has 0 saturated carbocycles. The minimum atomic E-state index is -0.826. The van der Waals surface area contributed by atoms with Crippen molar-refractivity contribution in [1.82, 2.24) is 10.5 Å². The van der Waals surface area contributed by atoms with Crippen LogP contribution in [0, 0.1) is 0 Å². The zero-order chi connectivity index (χ0) is 39.3. The van der Waals surface area contributed by atoms with Crippen molar-refractivity contribution in [3.8, 4) is 22.3 Å². The standard InChI is InChI=1S/2C22H25.C2H4BN2O2.2ClH.Zr/c2*1-4-9-17-10-6-7-12-20(17)21-13-8-11-18-14-19(15-22(18)21)16(3)5-2;6-1-4-3-5-2-7;;;/h2*6-8,10-16H,4-5,9H2,1-3H3;1-2H,(H,4,6)(H,5,7);2*1H;/q2*-1;;;;+4/p-2. The average Bonchev–Trinajstić information content (AvgIpc) is 3.85. The third-order valence-electron chi connectivity index (χ3n) is 9.87. The van der Waals surface area contributed by atoms with Crippen LogP contribution in [0.5, 0.6) is 0 Å². The summed E-state index contributed by atoms with van der Waals surface area (Å²) in [5, 5.41) is 9.76. The summed E-state index contributed by atoms with van der Waals surface area (Å²) < 4.78 is 0. The normalized spacial score (nSPS) is 11.3. The average molecular weight is 840 g/mol. The van der Waals surface area contributed by atoms with Gasteiger partial charge in [0.05, 0.1) is 0 Å². The van der Waals surface area contributed by atoms with Crippen LogP contribution in [0.1, 0.15) is 101 Å². The van der Waals surface area contributed by atoms with Crippen molar-refractivity contribution in [1.29, 1.82) is 0 Å². The Kier molecular flexibility index (Phi) is 20.7. The Hall–Kier alpha value is -3.43. The van der Waals surface area contributed by atoms with Crippen LogP contribution in [0.15, 0.2) is 109 Å². The fourth-order valence-electron chi connectivity index (χ4n) is 6.68. The first-order chi connectivity index (χ1) is 26.3. The molecular weight excluding hydrogens is 785 g/mol. The van der Waals surface area contributed by atoms with Crippen LogP contribution in [0.3, 0.4) is 0 Å². The maximum atomic E-state index is 9.38. The van der Waals surface area contributed by atoms with Crippen molar-refractivity contribution in [2.75, 3.05) is 0 Å². The number of rotatable bonds is 14. The molecule has 2 N–H and O–H groups in total. The Bertz CT molecular complexity index is 1860. The van der Waals surface area contributed by atoms with Gasteiger partial charge in [-0.3, -0.25) is 9.59 Å². The monoisotopic (exact) mass is 837 g/mol. The Morgan fingerprint density at radius 3 is 1.33 bits per heavy atom. The van der Waals surface area contributed by atoms with Gasteiger partial charge in [0.2, 0.25) is 0 Å². The van der Waals surface area contributed by atoms with Crippen LogP contribution in [0.25, 0.3) is 43.8 Å². The quantitative estimate of drug-likeness (QED) is 0.0497. The first-order valence-electron chi connectivity index (χ1n) is 19.0. The Morgan fingerprint density at radius 1 is 0.611 bits per heavy atom. The van der Waals surface area contributed by atoms with Crippen LogP contribution in [-0.4, -0.2) is 20.4 Å². The van der Waals surface area contributed by atoms with E-state index in [9.17, 15) is 9.59 Å². The van der Waals surface area contributed by atoms with E-state index in [0.29, 0.717) is 24.7 Å². The van der Waals surface area contributed by atoms with Gasteiger partial charge in [0.25, 0.3) is 0 Å². The van der Waals surface area contributed by atoms with Gasteiger partial charge in [-0.15, -0.1) is 69.1 Å². The van der Waals surface area contributed by atoms with Crippen molar-refractivity contribution in [3.63, 3.8) is 0 Å². The van der Waals surface area contributed by atoms with Gasteiger partial charge in [-0.2, -0.15) is 12.1 Å². The molecule has 0 aliphatic rings. The van der Waals surface area contributed by atoms with Gasteiger partial charge < -0.3 is 10.5 Å². The van der Waals surface area contributed by atoms with Crippen LogP contribution in [0.2, 0.25) is 0 Å². The van der Waals surface area contributed by atoms with E-state index in [1.54, 1.807) is 0 Å². The van der Waals surface area contributed by atoms with Gasteiger partial charge in [0.1, 0.15) is 0 Å². The zero-order valence-corrected chi connectivity index (χ0v) is 36.6. The Labute approximate surface area is 343 Å². The predicted octanol–water partition coefficient (Wildman–Crippen LogP) is 12.8. The molecular formula is C46H54BCl2N2O2Zr. The molecule has 0 aliphatic heterocycles. The van der Waals surface area contributed by atoms with E-state index in [1.807, 2.05) is 0 Å². The molecule has 0 aromatic heterocycles. The van der Waals surface area contributed by atoms with Gasteiger partial charge in [-0.05, 0) is 46.9 Å². The number of carbonyl (C=O) groups is 2. The van der Waals surface area contributed by atoms with Gasteiger partial charge in [-0.1, -0.05) is 139 Å². The summed E-state index contributed by atoms with van der Waals surface area (Å²) in [7, 11) is 11.0. The second kappa shape index (κ2) is 24.9. The molecule has 4 nitrogen and oxygen atoms in total. The molecule has 8 heteroatoms. The van der Waals surface area contributed by atoms with E-state index in [0.717, 1.165) is 20.4 Å². The summed E-state index contributed by atoms with van der Waals surface area (Å²) in [4.78, 5) is 18.8. The Morgan fingerprint density at radius 2 is 0.981 bits per heavy atom. The number of amides is 2. The van der Waals surface area contributed by atoms with Crippen LogP contribution < -0.4 is 10.5 Å². The van der Waals surface area contributed by atoms with E-state index in [-0.39, 0.29) is 0 Å². The second-order valence-electron chi connectivity index (χ2n) is 13.4. The summed E-state index contributed by atoms with van der Waals surface area (Å²) in [5.74, 6) is 1.26. The van der Waals surface area contributed by atoms with Gasteiger partial charge in [0, 0.05) is 0 Å². The fourth-order valence-corrected chi connectivity index (χ4v) is 6.68. The van der Waals surface area contributed by atoms with E-state index in [2.05, 4.69) is 161 Å². The SMILES string of the molecule is CCCc1ccccc1-c1cccc2[cH-]c(C(C)CC)cc12.CCCc1ccccc1-c1cccc2[cH-]c(C(C)CC)cc12.O=CN[B]NC=O.[Cl][Zr+2][Cl].